The highest BCUT2D eigenvalue weighted by molar-refractivity contribution is 8.15. The minimum absolute atomic E-state index is 0.0573. The van der Waals surface area contributed by atoms with Gasteiger partial charge in [0, 0.05) is 12.1 Å². The van der Waals surface area contributed by atoms with Crippen LogP contribution in [0.25, 0.3) is 0 Å². The Balaban J connectivity index is 1.84. The van der Waals surface area contributed by atoms with E-state index >= 15 is 0 Å². The molecule has 0 aromatic heterocycles. The molecule has 1 aromatic carbocycles. The monoisotopic (exact) mass is 307 g/mol. The summed E-state index contributed by atoms with van der Waals surface area (Å²) in [5.74, 6) is 0.168. The van der Waals surface area contributed by atoms with E-state index in [4.69, 9.17) is 10.5 Å². The number of anilines is 1. The summed E-state index contributed by atoms with van der Waals surface area (Å²) in [6, 6.07) is 7.11. The number of nitrogens with two attached hydrogens (primary N) is 1. The molecule has 0 spiro atoms. The van der Waals surface area contributed by atoms with Crippen molar-refractivity contribution in [1.29, 1.82) is 0 Å². The smallest absolute Gasteiger partial charge is 0.262 e. The van der Waals surface area contributed by atoms with E-state index < -0.39 is 5.25 Å². The van der Waals surface area contributed by atoms with Crippen molar-refractivity contribution in [3.8, 4) is 5.75 Å². The van der Waals surface area contributed by atoms with Gasteiger partial charge in [-0.25, -0.2) is 0 Å². The van der Waals surface area contributed by atoms with Gasteiger partial charge in [-0.1, -0.05) is 18.7 Å². The first-order valence-electron chi connectivity index (χ1n) is 6.66. The zero-order valence-electron chi connectivity index (χ0n) is 11.7. The molecule has 0 radical (unpaired) electrons. The molecule has 3 N–H and O–H groups in total. The standard InChI is InChI=1S/C14H17N3O3S/c1-2-7-20-10-5-3-9(4-6-10)16-12(18)8-11-13(19)17-14(15)21-11/h3-6,11H,2,7-8H2,1H3,(H,16,18)(H2,15,17,19)/t11-/m1/s1. The molecule has 2 rings (SSSR count). The van der Waals surface area contributed by atoms with Gasteiger partial charge in [0.15, 0.2) is 5.17 Å². The number of hydrogen-bond acceptors (Lipinski definition) is 5. The Morgan fingerprint density at radius 1 is 1.43 bits per heavy atom. The topological polar surface area (TPSA) is 93.8 Å². The van der Waals surface area contributed by atoms with Gasteiger partial charge in [0.1, 0.15) is 11.0 Å². The van der Waals surface area contributed by atoms with Crippen LogP contribution in [0.2, 0.25) is 0 Å². The molecule has 1 aliphatic heterocycles. The van der Waals surface area contributed by atoms with Crippen molar-refractivity contribution in [2.75, 3.05) is 11.9 Å². The third-order valence-corrected chi connectivity index (χ3v) is 3.73. The van der Waals surface area contributed by atoms with Crippen LogP contribution in [0.1, 0.15) is 19.8 Å². The van der Waals surface area contributed by atoms with E-state index in [0.717, 1.165) is 23.9 Å². The lowest BCUT2D eigenvalue weighted by Crippen LogP contribution is -2.21. The first kappa shape index (κ1) is 15.4. The molecule has 0 saturated carbocycles. The maximum absolute atomic E-state index is 11.9. The molecule has 0 unspecified atom stereocenters. The molecular formula is C14H17N3O3S. The maximum Gasteiger partial charge on any atom is 0.262 e. The van der Waals surface area contributed by atoms with Gasteiger partial charge in [0.2, 0.25) is 5.91 Å². The summed E-state index contributed by atoms with van der Waals surface area (Å²) in [6.07, 6.45) is 0.999. The van der Waals surface area contributed by atoms with Gasteiger partial charge in [-0.2, -0.15) is 4.99 Å². The molecule has 0 aliphatic carbocycles. The number of nitrogens with zero attached hydrogens (tertiary/aromatic N) is 1. The van der Waals surface area contributed by atoms with Crippen LogP contribution < -0.4 is 15.8 Å². The Kier molecular flexibility index (Phi) is 5.21. The van der Waals surface area contributed by atoms with E-state index in [1.807, 2.05) is 6.92 Å². The van der Waals surface area contributed by atoms with E-state index in [1.165, 1.54) is 0 Å². The van der Waals surface area contributed by atoms with Crippen molar-refractivity contribution in [3.63, 3.8) is 0 Å². The lowest BCUT2D eigenvalue weighted by molar-refractivity contribution is -0.121. The number of carbonyl (C=O) groups excluding carboxylic acids is 2. The zero-order valence-corrected chi connectivity index (χ0v) is 12.5. The third kappa shape index (κ3) is 4.49. The predicted molar refractivity (Wildman–Crippen MR) is 83.5 cm³/mol. The van der Waals surface area contributed by atoms with Crippen LogP contribution in [0.4, 0.5) is 5.69 Å². The highest BCUT2D eigenvalue weighted by atomic mass is 32.2. The number of hydrogen-bond donors (Lipinski definition) is 2. The Labute approximate surface area is 127 Å². The van der Waals surface area contributed by atoms with Crippen LogP contribution in [0.5, 0.6) is 5.75 Å². The molecular weight excluding hydrogens is 290 g/mol. The van der Waals surface area contributed by atoms with Crippen LogP contribution in [0.15, 0.2) is 29.3 Å². The number of ether oxygens (including phenoxy) is 1. The van der Waals surface area contributed by atoms with Crippen LogP contribution in [-0.2, 0) is 9.59 Å². The normalized spacial score (nSPS) is 17.5. The average Bonchev–Trinajstić information content (AvgIpc) is 2.76. The van der Waals surface area contributed by atoms with Crippen LogP contribution in [0, 0.1) is 0 Å². The van der Waals surface area contributed by atoms with Crippen LogP contribution >= 0.6 is 11.8 Å². The molecule has 1 heterocycles. The van der Waals surface area contributed by atoms with Crippen LogP contribution in [-0.4, -0.2) is 28.8 Å². The second kappa shape index (κ2) is 7.12. The number of rotatable bonds is 6. The highest BCUT2D eigenvalue weighted by Crippen LogP contribution is 2.23. The van der Waals surface area contributed by atoms with Crippen molar-refractivity contribution < 1.29 is 14.3 Å². The number of carbonyl (C=O) groups is 2. The number of thioether (sulfide) groups is 1. The number of nitrogens with one attached hydrogen (secondary N) is 1. The average molecular weight is 307 g/mol. The van der Waals surface area contributed by atoms with E-state index in [1.54, 1.807) is 24.3 Å². The van der Waals surface area contributed by atoms with E-state index in [0.29, 0.717) is 12.3 Å². The third-order valence-electron chi connectivity index (χ3n) is 2.74. The fraction of sp³-hybridized carbons (Fsp3) is 0.357. The maximum atomic E-state index is 11.9. The van der Waals surface area contributed by atoms with Crippen molar-refractivity contribution in [3.05, 3.63) is 24.3 Å². The van der Waals surface area contributed by atoms with Crippen molar-refractivity contribution in [2.24, 2.45) is 10.7 Å². The molecule has 1 aromatic rings. The lowest BCUT2D eigenvalue weighted by Gasteiger charge is -2.09. The highest BCUT2D eigenvalue weighted by Gasteiger charge is 2.29. The summed E-state index contributed by atoms with van der Waals surface area (Å²) < 4.78 is 5.46. The number of benzene rings is 1. The summed E-state index contributed by atoms with van der Waals surface area (Å²) in [5.41, 5.74) is 6.11. The van der Waals surface area contributed by atoms with E-state index in [9.17, 15) is 9.59 Å². The van der Waals surface area contributed by atoms with E-state index in [2.05, 4.69) is 10.3 Å². The Bertz CT molecular complexity index is 557. The SMILES string of the molecule is CCCOc1ccc(NC(=O)C[C@H]2SC(N)=NC2=O)cc1. The largest absolute Gasteiger partial charge is 0.494 e. The fourth-order valence-electron chi connectivity index (χ4n) is 1.77. The van der Waals surface area contributed by atoms with Gasteiger partial charge in [-0.15, -0.1) is 0 Å². The molecule has 1 aliphatic rings. The molecule has 7 heteroatoms. The molecule has 0 fully saturated rings. The second-order valence-corrected chi connectivity index (χ2v) is 5.74. The van der Waals surface area contributed by atoms with Gasteiger partial charge in [-0.3, -0.25) is 9.59 Å². The first-order valence-corrected chi connectivity index (χ1v) is 7.54. The van der Waals surface area contributed by atoms with Gasteiger partial charge in [0.05, 0.1) is 6.61 Å². The minimum atomic E-state index is -0.517. The molecule has 21 heavy (non-hydrogen) atoms. The van der Waals surface area contributed by atoms with Gasteiger partial charge in [-0.05, 0) is 30.7 Å². The first-order chi connectivity index (χ1) is 10.1. The zero-order chi connectivity index (χ0) is 15.2. The Morgan fingerprint density at radius 2 is 2.14 bits per heavy atom. The summed E-state index contributed by atoms with van der Waals surface area (Å²) in [6.45, 7) is 2.70. The van der Waals surface area contributed by atoms with Crippen molar-refractivity contribution in [2.45, 2.75) is 25.0 Å². The van der Waals surface area contributed by atoms with Gasteiger partial charge >= 0.3 is 0 Å². The molecule has 0 saturated heterocycles. The molecule has 2 amide bonds. The van der Waals surface area contributed by atoms with Gasteiger partial charge in [0.25, 0.3) is 5.91 Å². The summed E-state index contributed by atoms with van der Waals surface area (Å²) in [4.78, 5) is 26.9. The summed E-state index contributed by atoms with van der Waals surface area (Å²) >= 11 is 1.12. The van der Waals surface area contributed by atoms with Crippen molar-refractivity contribution >= 4 is 34.4 Å². The Morgan fingerprint density at radius 3 is 2.71 bits per heavy atom. The van der Waals surface area contributed by atoms with Crippen molar-refractivity contribution in [1.82, 2.24) is 0 Å². The number of aliphatic imine (C=N–C) groups is 1. The molecule has 6 nitrogen and oxygen atoms in total. The second-order valence-electron chi connectivity index (χ2n) is 4.52. The molecule has 0 bridgehead atoms. The lowest BCUT2D eigenvalue weighted by atomic mass is 10.2. The minimum Gasteiger partial charge on any atom is -0.494 e. The quantitative estimate of drug-likeness (QED) is 0.835. The molecule has 1 atom stereocenters. The Hall–Kier alpha value is -2.02. The number of amides is 2. The van der Waals surface area contributed by atoms with Crippen LogP contribution in [0.3, 0.4) is 0 Å². The predicted octanol–water partition coefficient (Wildman–Crippen LogP) is 1.76. The van der Waals surface area contributed by atoms with Gasteiger partial charge < -0.3 is 15.8 Å². The summed E-state index contributed by atoms with van der Waals surface area (Å²) in [7, 11) is 0. The molecule has 112 valence electrons. The number of amidine groups is 1. The fourth-order valence-corrected chi connectivity index (χ4v) is 2.59. The van der Waals surface area contributed by atoms with E-state index in [-0.39, 0.29) is 23.4 Å². The summed E-state index contributed by atoms with van der Waals surface area (Å²) in [5, 5.41) is 2.44.